The van der Waals surface area contributed by atoms with Gasteiger partial charge in [0.05, 0.1) is 11.6 Å². The largest absolute Gasteiger partial charge is 0.507 e. The number of benzene rings is 2. The van der Waals surface area contributed by atoms with Crippen molar-refractivity contribution in [1.82, 2.24) is 4.98 Å². The van der Waals surface area contributed by atoms with E-state index in [1.165, 1.54) is 4.90 Å². The lowest BCUT2D eigenvalue weighted by Gasteiger charge is -2.25. The highest BCUT2D eigenvalue weighted by atomic mass is 35.5. The Kier molecular flexibility index (Phi) is 4.91. The fourth-order valence-corrected chi connectivity index (χ4v) is 3.61. The molecule has 1 atom stereocenters. The van der Waals surface area contributed by atoms with Crippen molar-refractivity contribution in [2.75, 3.05) is 4.90 Å². The third kappa shape index (κ3) is 3.30. The molecule has 144 valence electrons. The van der Waals surface area contributed by atoms with Crippen molar-refractivity contribution in [1.29, 1.82) is 0 Å². The van der Waals surface area contributed by atoms with E-state index in [1.807, 2.05) is 13.0 Å². The van der Waals surface area contributed by atoms with E-state index in [2.05, 4.69) is 4.98 Å². The van der Waals surface area contributed by atoms with Gasteiger partial charge in [-0.2, -0.15) is 0 Å². The quantitative estimate of drug-likeness (QED) is 0.391. The van der Waals surface area contributed by atoms with E-state index in [9.17, 15) is 14.7 Å². The highest BCUT2D eigenvalue weighted by molar-refractivity contribution is 6.51. The van der Waals surface area contributed by atoms with Crippen LogP contribution >= 0.6 is 11.6 Å². The summed E-state index contributed by atoms with van der Waals surface area (Å²) in [5.41, 5.74) is 2.42. The smallest absolute Gasteiger partial charge is 0.300 e. The van der Waals surface area contributed by atoms with Crippen molar-refractivity contribution >= 4 is 34.7 Å². The predicted octanol–water partition coefficient (Wildman–Crippen LogP) is 4.67. The van der Waals surface area contributed by atoms with Crippen molar-refractivity contribution in [3.05, 3.63) is 100 Å². The van der Waals surface area contributed by atoms with Crippen LogP contribution in [0.4, 0.5) is 5.69 Å². The molecular weight excluding hydrogens is 388 g/mol. The van der Waals surface area contributed by atoms with Crippen molar-refractivity contribution in [3.8, 4) is 0 Å². The minimum Gasteiger partial charge on any atom is -0.507 e. The van der Waals surface area contributed by atoms with Gasteiger partial charge in [0.25, 0.3) is 11.7 Å². The lowest BCUT2D eigenvalue weighted by molar-refractivity contribution is -0.132. The molecule has 4 rings (SSSR count). The first kappa shape index (κ1) is 18.9. The summed E-state index contributed by atoms with van der Waals surface area (Å²) in [4.78, 5) is 31.5. The molecular formula is C23H17ClN2O3. The van der Waals surface area contributed by atoms with E-state index < -0.39 is 17.7 Å². The molecule has 3 aromatic rings. The molecule has 0 bridgehead atoms. The molecule has 1 N–H and O–H groups in total. The van der Waals surface area contributed by atoms with Gasteiger partial charge >= 0.3 is 0 Å². The average molecular weight is 405 g/mol. The molecule has 0 saturated carbocycles. The Bertz CT molecular complexity index is 1130. The molecule has 1 aliphatic rings. The van der Waals surface area contributed by atoms with Crippen molar-refractivity contribution in [2.24, 2.45) is 0 Å². The van der Waals surface area contributed by atoms with Crippen molar-refractivity contribution in [2.45, 2.75) is 13.0 Å². The van der Waals surface area contributed by atoms with E-state index in [4.69, 9.17) is 11.6 Å². The SMILES string of the molecule is Cc1ccc(N2C(=O)C(=O)/C(=C(/O)c3ccccc3)C2c2cccnc2)cc1Cl. The Labute approximate surface area is 172 Å². The van der Waals surface area contributed by atoms with Crippen molar-refractivity contribution < 1.29 is 14.7 Å². The molecule has 1 aromatic heterocycles. The zero-order chi connectivity index (χ0) is 20.5. The van der Waals surface area contributed by atoms with Gasteiger partial charge in [-0.05, 0) is 36.2 Å². The zero-order valence-electron chi connectivity index (χ0n) is 15.5. The summed E-state index contributed by atoms with van der Waals surface area (Å²) >= 11 is 6.27. The van der Waals surface area contributed by atoms with E-state index in [1.54, 1.807) is 67.0 Å². The number of aliphatic hydroxyl groups excluding tert-OH is 1. The summed E-state index contributed by atoms with van der Waals surface area (Å²) in [5, 5.41) is 11.4. The Balaban J connectivity index is 1.95. The van der Waals surface area contributed by atoms with Crippen LogP contribution in [0.2, 0.25) is 5.02 Å². The fourth-order valence-electron chi connectivity index (χ4n) is 3.44. The maximum Gasteiger partial charge on any atom is 0.300 e. The van der Waals surface area contributed by atoms with Gasteiger partial charge in [-0.1, -0.05) is 54.1 Å². The molecule has 1 aliphatic heterocycles. The van der Waals surface area contributed by atoms with Gasteiger partial charge in [-0.3, -0.25) is 19.5 Å². The Morgan fingerprint density at radius 3 is 2.48 bits per heavy atom. The lowest BCUT2D eigenvalue weighted by Crippen LogP contribution is -2.29. The summed E-state index contributed by atoms with van der Waals surface area (Å²) in [6, 6.07) is 16.5. The maximum atomic E-state index is 13.0. The fraction of sp³-hybridized carbons (Fsp3) is 0.0870. The number of ketones is 1. The highest BCUT2D eigenvalue weighted by Gasteiger charge is 2.47. The summed E-state index contributed by atoms with van der Waals surface area (Å²) in [6.45, 7) is 1.86. The number of aliphatic hydroxyl groups is 1. The first-order valence-electron chi connectivity index (χ1n) is 9.01. The molecule has 2 heterocycles. The summed E-state index contributed by atoms with van der Waals surface area (Å²) in [5.74, 6) is -1.70. The number of Topliss-reactive ketones (excluding diaryl/α,β-unsaturated/α-hetero) is 1. The minimum absolute atomic E-state index is 0.0193. The van der Waals surface area contributed by atoms with Crippen LogP contribution in [0.15, 0.2) is 78.6 Å². The Morgan fingerprint density at radius 1 is 1.07 bits per heavy atom. The number of rotatable bonds is 3. The predicted molar refractivity (Wildman–Crippen MR) is 112 cm³/mol. The number of amides is 1. The second-order valence-corrected chi connectivity index (χ2v) is 7.16. The number of carbonyl (C=O) groups excluding carboxylic acids is 2. The van der Waals surface area contributed by atoms with E-state index in [-0.39, 0.29) is 11.3 Å². The monoisotopic (exact) mass is 404 g/mol. The number of aryl methyl sites for hydroxylation is 1. The van der Waals surface area contributed by atoms with Crippen LogP contribution in [0.5, 0.6) is 0 Å². The molecule has 1 fully saturated rings. The molecule has 29 heavy (non-hydrogen) atoms. The number of halogens is 1. The van der Waals surface area contributed by atoms with Crippen LogP contribution in [-0.4, -0.2) is 21.8 Å². The molecule has 2 aromatic carbocycles. The normalized spacial score (nSPS) is 18.3. The maximum absolute atomic E-state index is 13.0. The summed E-state index contributed by atoms with van der Waals surface area (Å²) < 4.78 is 0. The first-order chi connectivity index (χ1) is 14.0. The number of nitrogens with zero attached hydrogens (tertiary/aromatic N) is 2. The van der Waals surface area contributed by atoms with Crippen LogP contribution in [0.25, 0.3) is 5.76 Å². The standard InChI is InChI=1S/C23H17ClN2O3/c1-14-9-10-17(12-18(14)24)26-20(16-8-5-11-25-13-16)19(22(28)23(26)29)21(27)15-6-3-2-4-7-15/h2-13,20,27H,1H3/b21-19+. The number of pyridine rings is 1. The molecule has 0 radical (unpaired) electrons. The van der Waals surface area contributed by atoms with E-state index in [0.717, 1.165) is 5.56 Å². The number of anilines is 1. The van der Waals surface area contributed by atoms with Gasteiger partial charge in [0.2, 0.25) is 0 Å². The number of hydrogen-bond acceptors (Lipinski definition) is 4. The van der Waals surface area contributed by atoms with Crippen LogP contribution in [0, 0.1) is 6.92 Å². The van der Waals surface area contributed by atoms with Crippen LogP contribution in [0.3, 0.4) is 0 Å². The number of carbonyl (C=O) groups is 2. The topological polar surface area (TPSA) is 70.5 Å². The third-order valence-corrected chi connectivity index (χ3v) is 5.33. The zero-order valence-corrected chi connectivity index (χ0v) is 16.3. The molecule has 1 unspecified atom stereocenters. The molecule has 0 aliphatic carbocycles. The van der Waals surface area contributed by atoms with Gasteiger partial charge in [-0.25, -0.2) is 0 Å². The minimum atomic E-state index is -0.817. The molecule has 1 amide bonds. The van der Waals surface area contributed by atoms with Crippen LogP contribution in [0.1, 0.15) is 22.7 Å². The van der Waals surface area contributed by atoms with Gasteiger partial charge < -0.3 is 5.11 Å². The summed E-state index contributed by atoms with van der Waals surface area (Å²) in [6.07, 6.45) is 3.19. The summed E-state index contributed by atoms with van der Waals surface area (Å²) in [7, 11) is 0. The van der Waals surface area contributed by atoms with Crippen LogP contribution < -0.4 is 4.90 Å². The van der Waals surface area contributed by atoms with E-state index >= 15 is 0 Å². The van der Waals surface area contributed by atoms with Gasteiger partial charge in [0.1, 0.15) is 5.76 Å². The van der Waals surface area contributed by atoms with Gasteiger partial charge in [-0.15, -0.1) is 0 Å². The first-order valence-corrected chi connectivity index (χ1v) is 9.39. The molecule has 6 heteroatoms. The number of aromatic nitrogens is 1. The second kappa shape index (κ2) is 7.53. The molecule has 0 spiro atoms. The van der Waals surface area contributed by atoms with Crippen LogP contribution in [-0.2, 0) is 9.59 Å². The number of hydrogen-bond donors (Lipinski definition) is 1. The lowest BCUT2D eigenvalue weighted by atomic mass is 9.96. The second-order valence-electron chi connectivity index (χ2n) is 6.75. The van der Waals surface area contributed by atoms with Crippen molar-refractivity contribution in [3.63, 3.8) is 0 Å². The highest BCUT2D eigenvalue weighted by Crippen LogP contribution is 2.42. The average Bonchev–Trinajstić information content (AvgIpc) is 3.02. The molecule has 5 nitrogen and oxygen atoms in total. The van der Waals surface area contributed by atoms with Gasteiger partial charge in [0, 0.05) is 28.7 Å². The third-order valence-electron chi connectivity index (χ3n) is 4.93. The van der Waals surface area contributed by atoms with Gasteiger partial charge in [0.15, 0.2) is 0 Å². The van der Waals surface area contributed by atoms with E-state index in [0.29, 0.717) is 21.8 Å². The molecule has 1 saturated heterocycles. The Hall–Kier alpha value is -3.44. The Morgan fingerprint density at radius 2 is 1.83 bits per heavy atom.